The van der Waals surface area contributed by atoms with Gasteiger partial charge in [0.25, 0.3) is 0 Å². The van der Waals surface area contributed by atoms with E-state index in [4.69, 9.17) is 4.74 Å². The Morgan fingerprint density at radius 3 is 2.34 bits per heavy atom. The van der Waals surface area contributed by atoms with E-state index in [1.165, 1.54) is 40.8 Å². The number of hydrogen-bond donors (Lipinski definition) is 0. The van der Waals surface area contributed by atoms with Crippen LogP contribution in [0.4, 0.5) is 10.1 Å². The topological polar surface area (TPSA) is 55.3 Å². The van der Waals surface area contributed by atoms with E-state index in [0.717, 1.165) is 20.2 Å². The molecule has 0 saturated carbocycles. The average molecular weight is 450 g/mol. The van der Waals surface area contributed by atoms with E-state index in [9.17, 15) is 9.18 Å². The molecule has 0 bridgehead atoms. The molecule has 0 aliphatic heterocycles. The first-order chi connectivity index (χ1) is 14.1. The van der Waals surface area contributed by atoms with Gasteiger partial charge >= 0.3 is 0 Å². The number of aromatic nitrogens is 2. The number of halogens is 1. The van der Waals surface area contributed by atoms with Crippen LogP contribution in [0.5, 0.6) is 5.75 Å². The number of anilines is 1. The molecule has 3 rings (SSSR count). The molecule has 0 atom stereocenters. The van der Waals surface area contributed by atoms with Crippen LogP contribution in [0.1, 0.15) is 12.5 Å². The average Bonchev–Trinajstić information content (AvgIpc) is 3.21. The van der Waals surface area contributed by atoms with Crippen molar-refractivity contribution in [2.24, 2.45) is 0 Å². The van der Waals surface area contributed by atoms with Crippen LogP contribution in [0.25, 0.3) is 0 Å². The molecule has 9 heteroatoms. The molecule has 0 radical (unpaired) electrons. The van der Waals surface area contributed by atoms with E-state index in [1.54, 1.807) is 35.9 Å². The third-order valence-electron chi connectivity index (χ3n) is 3.98. The van der Waals surface area contributed by atoms with E-state index in [-0.39, 0.29) is 17.5 Å². The number of carbonyl (C=O) groups excluding carboxylic acids is 1. The van der Waals surface area contributed by atoms with E-state index < -0.39 is 0 Å². The maximum Gasteiger partial charge on any atom is 0.237 e. The van der Waals surface area contributed by atoms with Gasteiger partial charge in [-0.1, -0.05) is 47.0 Å². The second-order valence-electron chi connectivity index (χ2n) is 5.87. The molecule has 3 aromatic rings. The van der Waals surface area contributed by atoms with Crippen LogP contribution in [0.15, 0.2) is 57.2 Å². The lowest BCUT2D eigenvalue weighted by Gasteiger charge is -2.20. The van der Waals surface area contributed by atoms with Gasteiger partial charge in [0.05, 0.1) is 12.9 Å². The zero-order chi connectivity index (χ0) is 20.6. The molecule has 0 aliphatic carbocycles. The molecule has 29 heavy (non-hydrogen) atoms. The fraction of sp³-hybridized carbons (Fsp3) is 0.250. The highest BCUT2D eigenvalue weighted by atomic mass is 32.2. The third-order valence-corrected chi connectivity index (χ3v) is 7.23. The van der Waals surface area contributed by atoms with Gasteiger partial charge in [0.1, 0.15) is 11.6 Å². The van der Waals surface area contributed by atoms with Crippen molar-refractivity contribution in [1.29, 1.82) is 0 Å². The molecule has 0 aliphatic rings. The van der Waals surface area contributed by atoms with Crippen molar-refractivity contribution < 1.29 is 13.9 Å². The molecule has 0 unspecified atom stereocenters. The summed E-state index contributed by atoms with van der Waals surface area (Å²) >= 11 is 4.46. The summed E-state index contributed by atoms with van der Waals surface area (Å²) in [6.45, 7) is 2.41. The lowest BCUT2D eigenvalue weighted by Crippen LogP contribution is -2.32. The second kappa shape index (κ2) is 10.6. The SMILES string of the molecule is CCN(C(=O)CSc1nnc(SCc2ccc(OC)cc2)s1)c1ccc(F)cc1. The molecule has 1 aromatic heterocycles. The quantitative estimate of drug-likeness (QED) is 0.423. The maximum absolute atomic E-state index is 13.1. The molecule has 1 amide bonds. The summed E-state index contributed by atoms with van der Waals surface area (Å²) in [4.78, 5) is 14.2. The van der Waals surface area contributed by atoms with Crippen LogP contribution >= 0.6 is 34.9 Å². The van der Waals surface area contributed by atoms with Crippen molar-refractivity contribution in [2.75, 3.05) is 24.3 Å². The van der Waals surface area contributed by atoms with Gasteiger partial charge in [-0.3, -0.25) is 4.79 Å². The van der Waals surface area contributed by atoms with Crippen molar-refractivity contribution in [3.63, 3.8) is 0 Å². The van der Waals surface area contributed by atoms with Gasteiger partial charge in [0.15, 0.2) is 8.68 Å². The number of ether oxygens (including phenoxy) is 1. The first kappa shape index (κ1) is 21.6. The van der Waals surface area contributed by atoms with Crippen LogP contribution in [0.2, 0.25) is 0 Å². The Morgan fingerprint density at radius 1 is 1.07 bits per heavy atom. The monoisotopic (exact) mass is 449 g/mol. The van der Waals surface area contributed by atoms with Crippen LogP contribution in [0, 0.1) is 5.82 Å². The highest BCUT2D eigenvalue weighted by Gasteiger charge is 2.16. The lowest BCUT2D eigenvalue weighted by atomic mass is 10.2. The molecule has 5 nitrogen and oxygen atoms in total. The molecule has 0 N–H and O–H groups in total. The van der Waals surface area contributed by atoms with Gasteiger partial charge in [-0.15, -0.1) is 10.2 Å². The highest BCUT2D eigenvalue weighted by Crippen LogP contribution is 2.31. The van der Waals surface area contributed by atoms with Gasteiger partial charge in [-0.25, -0.2) is 4.39 Å². The summed E-state index contributed by atoms with van der Waals surface area (Å²) in [6.07, 6.45) is 0. The second-order valence-corrected chi connectivity index (χ2v) is 9.30. The Kier molecular flexibility index (Phi) is 7.91. The predicted molar refractivity (Wildman–Crippen MR) is 118 cm³/mol. The van der Waals surface area contributed by atoms with E-state index in [1.807, 2.05) is 31.2 Å². The summed E-state index contributed by atoms with van der Waals surface area (Å²) in [5, 5.41) is 8.36. The third kappa shape index (κ3) is 6.19. The lowest BCUT2D eigenvalue weighted by molar-refractivity contribution is -0.116. The van der Waals surface area contributed by atoms with Gasteiger partial charge < -0.3 is 9.64 Å². The summed E-state index contributed by atoms with van der Waals surface area (Å²) in [5.41, 5.74) is 1.86. The molecular formula is C20H20FN3O2S3. The number of methoxy groups -OCH3 is 1. The smallest absolute Gasteiger partial charge is 0.237 e. The largest absolute Gasteiger partial charge is 0.497 e. The Labute approximate surface area is 181 Å². The van der Waals surface area contributed by atoms with Crippen LogP contribution in [-0.2, 0) is 10.5 Å². The molecule has 0 saturated heterocycles. The van der Waals surface area contributed by atoms with Crippen LogP contribution in [-0.4, -0.2) is 35.5 Å². The normalized spacial score (nSPS) is 10.7. The summed E-state index contributed by atoms with van der Waals surface area (Å²) in [5.74, 6) is 1.51. The Balaban J connectivity index is 1.51. The molecule has 2 aromatic carbocycles. The zero-order valence-corrected chi connectivity index (χ0v) is 18.5. The fourth-order valence-corrected chi connectivity index (χ4v) is 5.36. The summed E-state index contributed by atoms with van der Waals surface area (Å²) in [6, 6.07) is 13.9. The number of benzene rings is 2. The molecule has 1 heterocycles. The predicted octanol–water partition coefficient (Wildman–Crippen LogP) is 5.12. The minimum absolute atomic E-state index is 0.0493. The number of nitrogens with zero attached hydrogens (tertiary/aromatic N) is 3. The summed E-state index contributed by atoms with van der Waals surface area (Å²) in [7, 11) is 1.65. The van der Waals surface area contributed by atoms with E-state index in [0.29, 0.717) is 12.2 Å². The maximum atomic E-state index is 13.1. The van der Waals surface area contributed by atoms with Crippen molar-refractivity contribution >= 4 is 46.5 Å². The molecule has 152 valence electrons. The van der Waals surface area contributed by atoms with E-state index in [2.05, 4.69) is 10.2 Å². The molecular weight excluding hydrogens is 429 g/mol. The van der Waals surface area contributed by atoms with Gasteiger partial charge in [-0.05, 0) is 48.9 Å². The van der Waals surface area contributed by atoms with Crippen molar-refractivity contribution in [2.45, 2.75) is 21.4 Å². The Bertz CT molecular complexity index is 933. The molecule has 0 spiro atoms. The van der Waals surface area contributed by atoms with Gasteiger partial charge in [0.2, 0.25) is 5.91 Å². The molecule has 0 fully saturated rings. The van der Waals surface area contributed by atoms with Crippen molar-refractivity contribution in [1.82, 2.24) is 10.2 Å². The van der Waals surface area contributed by atoms with E-state index >= 15 is 0 Å². The van der Waals surface area contributed by atoms with Crippen molar-refractivity contribution in [3.05, 3.63) is 59.9 Å². The summed E-state index contributed by atoms with van der Waals surface area (Å²) < 4.78 is 19.9. The first-order valence-corrected chi connectivity index (χ1v) is 11.7. The number of carbonyl (C=O) groups is 1. The first-order valence-electron chi connectivity index (χ1n) is 8.87. The zero-order valence-electron chi connectivity index (χ0n) is 16.0. The van der Waals surface area contributed by atoms with Crippen LogP contribution in [0.3, 0.4) is 0 Å². The number of hydrogen-bond acceptors (Lipinski definition) is 7. The minimum Gasteiger partial charge on any atom is -0.497 e. The number of rotatable bonds is 9. The Hall–Kier alpha value is -2.10. The number of amides is 1. The Morgan fingerprint density at radius 2 is 1.72 bits per heavy atom. The highest BCUT2D eigenvalue weighted by molar-refractivity contribution is 8.03. The van der Waals surface area contributed by atoms with Crippen molar-refractivity contribution in [3.8, 4) is 5.75 Å². The fourth-order valence-electron chi connectivity index (χ4n) is 2.51. The van der Waals surface area contributed by atoms with Crippen LogP contribution < -0.4 is 9.64 Å². The standard InChI is InChI=1S/C20H20FN3O2S3/c1-3-24(16-8-6-15(21)7-9-16)18(25)13-28-20-23-22-19(29-20)27-12-14-4-10-17(26-2)11-5-14/h4-11H,3,12-13H2,1-2H3. The minimum atomic E-state index is -0.319. The van der Waals surface area contributed by atoms with Gasteiger partial charge in [-0.2, -0.15) is 0 Å². The number of thioether (sulfide) groups is 2. The van der Waals surface area contributed by atoms with Gasteiger partial charge in [0, 0.05) is 18.0 Å².